The van der Waals surface area contributed by atoms with Crippen molar-refractivity contribution in [2.75, 3.05) is 0 Å². The maximum Gasteiger partial charge on any atom is 0.269 e. The van der Waals surface area contributed by atoms with Crippen LogP contribution >= 0.6 is 0 Å². The van der Waals surface area contributed by atoms with Crippen LogP contribution in [0, 0.1) is 10.1 Å². The van der Waals surface area contributed by atoms with Crippen molar-refractivity contribution in [1.29, 1.82) is 0 Å². The second kappa shape index (κ2) is 6.50. The van der Waals surface area contributed by atoms with E-state index in [9.17, 15) is 14.9 Å². The lowest BCUT2D eigenvalue weighted by molar-refractivity contribution is -0.384. The maximum absolute atomic E-state index is 13.1. The molecular formula is C19H16N2O3. The molecule has 24 heavy (non-hydrogen) atoms. The summed E-state index contributed by atoms with van der Waals surface area (Å²) < 4.78 is 1.92. The number of Topliss-reactive ketones (excluding diaryl/α,β-unsaturated/α-hetero) is 1. The van der Waals surface area contributed by atoms with Crippen molar-refractivity contribution in [2.45, 2.75) is 5.92 Å². The molecule has 0 aliphatic rings. The Balaban J connectivity index is 2.04. The second-order valence-electron chi connectivity index (χ2n) is 5.56. The summed E-state index contributed by atoms with van der Waals surface area (Å²) in [6.07, 6.45) is 1.90. The number of carbonyl (C=O) groups is 1. The summed E-state index contributed by atoms with van der Waals surface area (Å²) in [6, 6.07) is 19.1. The summed E-state index contributed by atoms with van der Waals surface area (Å²) in [7, 11) is 1.90. The number of aromatic nitrogens is 1. The molecule has 3 aromatic rings. The van der Waals surface area contributed by atoms with Crippen LogP contribution in [0.4, 0.5) is 5.69 Å². The molecule has 1 atom stereocenters. The minimum absolute atomic E-state index is 0.0262. The number of ketones is 1. The maximum atomic E-state index is 13.1. The van der Waals surface area contributed by atoms with E-state index in [0.717, 1.165) is 11.3 Å². The van der Waals surface area contributed by atoms with E-state index < -0.39 is 10.8 Å². The Labute approximate surface area is 139 Å². The molecule has 0 fully saturated rings. The Kier molecular flexibility index (Phi) is 4.24. The number of benzene rings is 2. The van der Waals surface area contributed by atoms with Gasteiger partial charge in [-0.05, 0) is 29.8 Å². The standard InChI is InChI=1S/C19H16N2O3/c1-20-13-5-8-17(20)18(14-6-3-2-4-7-14)19(22)15-9-11-16(12-10-15)21(23)24/h2-13,18H,1H3. The van der Waals surface area contributed by atoms with E-state index in [0.29, 0.717) is 5.56 Å². The van der Waals surface area contributed by atoms with Gasteiger partial charge in [-0.15, -0.1) is 0 Å². The number of nitrogens with zero attached hydrogens (tertiary/aromatic N) is 2. The van der Waals surface area contributed by atoms with Crippen LogP contribution in [0.3, 0.4) is 0 Å². The smallest absolute Gasteiger partial charge is 0.269 e. The molecule has 0 saturated carbocycles. The number of nitro groups is 1. The number of rotatable bonds is 5. The Bertz CT molecular complexity index is 867. The van der Waals surface area contributed by atoms with Crippen molar-refractivity contribution >= 4 is 11.5 Å². The minimum atomic E-state index is -0.472. The first-order valence-corrected chi connectivity index (χ1v) is 7.53. The van der Waals surface area contributed by atoms with Gasteiger partial charge in [0.05, 0.1) is 10.8 Å². The molecule has 2 aromatic carbocycles. The lowest BCUT2D eigenvalue weighted by Gasteiger charge is -2.17. The largest absolute Gasteiger partial charge is 0.353 e. The molecule has 0 saturated heterocycles. The van der Waals surface area contributed by atoms with Crippen LogP contribution in [0.2, 0.25) is 0 Å². The van der Waals surface area contributed by atoms with Gasteiger partial charge in [-0.3, -0.25) is 14.9 Å². The summed E-state index contributed by atoms with van der Waals surface area (Å²) in [4.78, 5) is 23.4. The minimum Gasteiger partial charge on any atom is -0.353 e. The first kappa shape index (κ1) is 15.7. The quantitative estimate of drug-likeness (QED) is 0.406. The molecule has 0 N–H and O–H groups in total. The Morgan fingerprint density at radius 3 is 2.21 bits per heavy atom. The van der Waals surface area contributed by atoms with Crippen molar-refractivity contribution < 1.29 is 9.72 Å². The Morgan fingerprint density at radius 2 is 1.67 bits per heavy atom. The molecule has 0 aliphatic carbocycles. The molecule has 1 heterocycles. The number of carbonyl (C=O) groups excluding carboxylic acids is 1. The number of nitro benzene ring substituents is 1. The van der Waals surface area contributed by atoms with Crippen LogP contribution < -0.4 is 0 Å². The number of hydrogen-bond acceptors (Lipinski definition) is 3. The van der Waals surface area contributed by atoms with Gasteiger partial charge in [0.2, 0.25) is 0 Å². The topological polar surface area (TPSA) is 65.1 Å². The Hall–Kier alpha value is -3.21. The van der Waals surface area contributed by atoms with Crippen LogP contribution in [0.1, 0.15) is 27.5 Å². The summed E-state index contributed by atoms with van der Waals surface area (Å²) in [5.74, 6) is -0.537. The summed E-state index contributed by atoms with van der Waals surface area (Å²) in [6.45, 7) is 0. The molecule has 3 rings (SSSR count). The van der Waals surface area contributed by atoms with Crippen LogP contribution in [-0.4, -0.2) is 15.3 Å². The highest BCUT2D eigenvalue weighted by Crippen LogP contribution is 2.29. The molecular weight excluding hydrogens is 304 g/mol. The second-order valence-corrected chi connectivity index (χ2v) is 5.56. The third-order valence-electron chi connectivity index (χ3n) is 4.04. The third-order valence-corrected chi connectivity index (χ3v) is 4.04. The number of hydrogen-bond donors (Lipinski definition) is 0. The van der Waals surface area contributed by atoms with Crippen molar-refractivity contribution in [3.63, 3.8) is 0 Å². The van der Waals surface area contributed by atoms with Crippen LogP contribution in [0.25, 0.3) is 0 Å². The van der Waals surface area contributed by atoms with Gasteiger partial charge < -0.3 is 4.57 Å². The molecule has 5 nitrogen and oxygen atoms in total. The van der Waals surface area contributed by atoms with Crippen LogP contribution in [-0.2, 0) is 7.05 Å². The van der Waals surface area contributed by atoms with Gasteiger partial charge in [-0.25, -0.2) is 0 Å². The molecule has 1 unspecified atom stereocenters. The lowest BCUT2D eigenvalue weighted by atomic mass is 9.88. The van der Waals surface area contributed by atoms with Crippen LogP contribution in [0.15, 0.2) is 72.9 Å². The summed E-state index contributed by atoms with van der Waals surface area (Å²) in [5.41, 5.74) is 2.20. The molecule has 0 aliphatic heterocycles. The monoisotopic (exact) mass is 320 g/mol. The first-order chi connectivity index (χ1) is 11.6. The molecule has 0 amide bonds. The molecule has 0 spiro atoms. The fourth-order valence-corrected chi connectivity index (χ4v) is 2.79. The normalized spacial score (nSPS) is 11.9. The molecule has 120 valence electrons. The van der Waals surface area contributed by atoms with Gasteiger partial charge >= 0.3 is 0 Å². The van der Waals surface area contributed by atoms with E-state index >= 15 is 0 Å². The molecule has 5 heteroatoms. The highest BCUT2D eigenvalue weighted by molar-refractivity contribution is 6.03. The summed E-state index contributed by atoms with van der Waals surface area (Å²) >= 11 is 0. The van der Waals surface area contributed by atoms with Crippen molar-refractivity contribution in [3.8, 4) is 0 Å². The molecule has 1 aromatic heterocycles. The SMILES string of the molecule is Cn1cccc1C(C(=O)c1ccc([N+](=O)[O-])cc1)c1ccccc1. The predicted octanol–water partition coefficient (Wildman–Crippen LogP) is 3.95. The van der Waals surface area contributed by atoms with Crippen molar-refractivity contribution in [2.24, 2.45) is 7.05 Å². The predicted molar refractivity (Wildman–Crippen MR) is 91.1 cm³/mol. The van der Waals surface area contributed by atoms with Gasteiger partial charge in [-0.2, -0.15) is 0 Å². The zero-order valence-corrected chi connectivity index (χ0v) is 13.1. The van der Waals surface area contributed by atoms with Crippen molar-refractivity contribution in [3.05, 3.63) is 99.9 Å². The fourth-order valence-electron chi connectivity index (χ4n) is 2.79. The van der Waals surface area contributed by atoms with Crippen molar-refractivity contribution in [1.82, 2.24) is 4.57 Å². The van der Waals surface area contributed by atoms with Crippen LogP contribution in [0.5, 0.6) is 0 Å². The number of non-ortho nitro benzene ring substituents is 1. The van der Waals surface area contributed by atoms with E-state index in [1.807, 2.05) is 60.3 Å². The fraction of sp³-hybridized carbons (Fsp3) is 0.105. The van der Waals surface area contributed by atoms with Gasteiger partial charge in [-0.1, -0.05) is 30.3 Å². The highest BCUT2D eigenvalue weighted by atomic mass is 16.6. The van der Waals surface area contributed by atoms with E-state index in [4.69, 9.17) is 0 Å². The van der Waals surface area contributed by atoms with E-state index in [1.165, 1.54) is 24.3 Å². The zero-order chi connectivity index (χ0) is 17.1. The number of aryl methyl sites for hydroxylation is 1. The Morgan fingerprint density at radius 1 is 1.00 bits per heavy atom. The molecule has 0 bridgehead atoms. The summed E-state index contributed by atoms with van der Waals surface area (Å²) in [5, 5.41) is 10.8. The lowest BCUT2D eigenvalue weighted by Crippen LogP contribution is -2.17. The van der Waals surface area contributed by atoms with Gasteiger partial charge in [0, 0.05) is 36.6 Å². The van der Waals surface area contributed by atoms with Gasteiger partial charge in [0.25, 0.3) is 5.69 Å². The highest BCUT2D eigenvalue weighted by Gasteiger charge is 2.26. The average molecular weight is 320 g/mol. The van der Waals surface area contributed by atoms with Gasteiger partial charge in [0.1, 0.15) is 0 Å². The molecule has 0 radical (unpaired) electrons. The average Bonchev–Trinajstić information content (AvgIpc) is 3.02. The van der Waals surface area contributed by atoms with E-state index in [1.54, 1.807) is 0 Å². The van der Waals surface area contributed by atoms with E-state index in [2.05, 4.69) is 0 Å². The van der Waals surface area contributed by atoms with Gasteiger partial charge in [0.15, 0.2) is 5.78 Å². The first-order valence-electron chi connectivity index (χ1n) is 7.53. The zero-order valence-electron chi connectivity index (χ0n) is 13.1. The van der Waals surface area contributed by atoms with E-state index in [-0.39, 0.29) is 11.5 Å². The third kappa shape index (κ3) is 2.96.